The molecule has 1 amide bonds. The summed E-state index contributed by atoms with van der Waals surface area (Å²) >= 11 is 1.57. The minimum absolute atomic E-state index is 0.0151. The Bertz CT molecular complexity index is 1010. The number of carbonyl (C=O) groups is 2. The molecular formula is C23H25N3O3S. The van der Waals surface area contributed by atoms with Crippen molar-refractivity contribution in [3.63, 3.8) is 0 Å². The van der Waals surface area contributed by atoms with Gasteiger partial charge in [-0.05, 0) is 31.9 Å². The number of hydrogen-bond donors (Lipinski definition) is 0. The first-order valence-electron chi connectivity index (χ1n) is 10.3. The zero-order chi connectivity index (χ0) is 20.9. The molecule has 2 aromatic heterocycles. The summed E-state index contributed by atoms with van der Waals surface area (Å²) in [5, 5.41) is 2.92. The molecule has 0 aliphatic carbocycles. The predicted octanol–water partition coefficient (Wildman–Crippen LogP) is 4.08. The standard InChI is InChI=1S/C23H25N3O3S/c1-2-29-23(28)18-10-6-13-26(14-18)21(27)15-25-12-7-11-20(25)22-24-19(16-30-22)17-8-4-3-5-9-17/h3-5,7-9,11-12,16,18H,2,6,10,13-15H2,1H3. The number of aromatic nitrogens is 2. The minimum atomic E-state index is -0.223. The average Bonchev–Trinajstić information content (AvgIpc) is 3.44. The lowest BCUT2D eigenvalue weighted by molar-refractivity contribution is -0.151. The molecule has 30 heavy (non-hydrogen) atoms. The molecule has 0 N–H and O–H groups in total. The van der Waals surface area contributed by atoms with E-state index in [4.69, 9.17) is 9.72 Å². The van der Waals surface area contributed by atoms with E-state index in [1.165, 1.54) is 0 Å². The summed E-state index contributed by atoms with van der Waals surface area (Å²) in [5.41, 5.74) is 2.94. The molecule has 6 nitrogen and oxygen atoms in total. The number of benzene rings is 1. The molecule has 7 heteroatoms. The summed E-state index contributed by atoms with van der Waals surface area (Å²) < 4.78 is 7.08. The summed E-state index contributed by atoms with van der Waals surface area (Å²) in [6, 6.07) is 14.0. The van der Waals surface area contributed by atoms with Crippen LogP contribution in [0.3, 0.4) is 0 Å². The van der Waals surface area contributed by atoms with Crippen LogP contribution in [0.4, 0.5) is 0 Å². The van der Waals surface area contributed by atoms with E-state index >= 15 is 0 Å². The monoisotopic (exact) mass is 423 g/mol. The lowest BCUT2D eigenvalue weighted by Gasteiger charge is -2.31. The molecule has 0 radical (unpaired) electrons. The third kappa shape index (κ3) is 4.46. The quantitative estimate of drug-likeness (QED) is 0.561. The summed E-state index contributed by atoms with van der Waals surface area (Å²) in [5.74, 6) is -0.409. The van der Waals surface area contributed by atoms with Gasteiger partial charge in [-0.25, -0.2) is 4.98 Å². The van der Waals surface area contributed by atoms with Gasteiger partial charge in [0.05, 0.1) is 23.9 Å². The molecule has 0 saturated carbocycles. The van der Waals surface area contributed by atoms with Gasteiger partial charge in [-0.1, -0.05) is 30.3 Å². The average molecular weight is 424 g/mol. The van der Waals surface area contributed by atoms with Crippen molar-refractivity contribution < 1.29 is 14.3 Å². The van der Waals surface area contributed by atoms with Crippen molar-refractivity contribution in [2.24, 2.45) is 5.92 Å². The molecule has 1 unspecified atom stereocenters. The van der Waals surface area contributed by atoms with Crippen molar-refractivity contribution >= 4 is 23.2 Å². The minimum Gasteiger partial charge on any atom is -0.466 e. The SMILES string of the molecule is CCOC(=O)C1CCCN(C(=O)Cn2cccc2-c2nc(-c3ccccc3)cs2)C1. The Balaban J connectivity index is 1.46. The van der Waals surface area contributed by atoms with Crippen molar-refractivity contribution in [3.8, 4) is 22.0 Å². The van der Waals surface area contributed by atoms with Crippen LogP contribution in [0.15, 0.2) is 54.0 Å². The van der Waals surface area contributed by atoms with Gasteiger partial charge >= 0.3 is 5.97 Å². The number of likely N-dealkylation sites (tertiary alicyclic amines) is 1. The molecule has 1 aliphatic rings. The van der Waals surface area contributed by atoms with Crippen molar-refractivity contribution in [3.05, 3.63) is 54.0 Å². The van der Waals surface area contributed by atoms with Crippen molar-refractivity contribution in [1.29, 1.82) is 0 Å². The van der Waals surface area contributed by atoms with Crippen molar-refractivity contribution in [2.75, 3.05) is 19.7 Å². The Morgan fingerprint density at radius 3 is 2.83 bits per heavy atom. The molecule has 0 spiro atoms. The van der Waals surface area contributed by atoms with E-state index in [9.17, 15) is 9.59 Å². The number of piperidine rings is 1. The Morgan fingerprint density at radius 1 is 1.20 bits per heavy atom. The maximum atomic E-state index is 12.9. The van der Waals surface area contributed by atoms with Crippen LogP contribution in [-0.4, -0.2) is 46.0 Å². The molecule has 156 valence electrons. The number of rotatable bonds is 6. The summed E-state index contributed by atoms with van der Waals surface area (Å²) in [7, 11) is 0. The van der Waals surface area contributed by atoms with Crippen LogP contribution >= 0.6 is 11.3 Å². The predicted molar refractivity (Wildman–Crippen MR) is 117 cm³/mol. The van der Waals surface area contributed by atoms with E-state index in [1.807, 2.05) is 58.6 Å². The number of amides is 1. The maximum absolute atomic E-state index is 12.9. The van der Waals surface area contributed by atoms with Gasteiger partial charge in [0.25, 0.3) is 0 Å². The molecule has 3 aromatic rings. The lowest BCUT2D eigenvalue weighted by atomic mass is 9.98. The highest BCUT2D eigenvalue weighted by atomic mass is 32.1. The number of ether oxygens (including phenoxy) is 1. The molecule has 4 rings (SSSR count). The van der Waals surface area contributed by atoms with Crippen molar-refractivity contribution in [2.45, 2.75) is 26.3 Å². The number of esters is 1. The highest BCUT2D eigenvalue weighted by molar-refractivity contribution is 7.13. The highest BCUT2D eigenvalue weighted by Crippen LogP contribution is 2.29. The lowest BCUT2D eigenvalue weighted by Crippen LogP contribution is -2.44. The highest BCUT2D eigenvalue weighted by Gasteiger charge is 2.29. The van der Waals surface area contributed by atoms with Gasteiger partial charge in [-0.2, -0.15) is 0 Å². The molecule has 1 atom stereocenters. The first-order chi connectivity index (χ1) is 14.7. The van der Waals surface area contributed by atoms with Crippen LogP contribution in [0.5, 0.6) is 0 Å². The van der Waals surface area contributed by atoms with Gasteiger partial charge in [0.1, 0.15) is 11.6 Å². The largest absolute Gasteiger partial charge is 0.466 e. The number of nitrogens with zero attached hydrogens (tertiary/aromatic N) is 3. The van der Waals surface area contributed by atoms with Crippen LogP contribution < -0.4 is 0 Å². The van der Waals surface area contributed by atoms with E-state index in [-0.39, 0.29) is 24.3 Å². The van der Waals surface area contributed by atoms with E-state index in [0.29, 0.717) is 19.7 Å². The fraction of sp³-hybridized carbons (Fsp3) is 0.348. The smallest absolute Gasteiger partial charge is 0.310 e. The van der Waals surface area contributed by atoms with Crippen molar-refractivity contribution in [1.82, 2.24) is 14.5 Å². The third-order valence-electron chi connectivity index (χ3n) is 5.32. The molecule has 1 fully saturated rings. The van der Waals surface area contributed by atoms with E-state index in [2.05, 4.69) is 0 Å². The first-order valence-corrected chi connectivity index (χ1v) is 11.1. The van der Waals surface area contributed by atoms with Crippen LogP contribution in [-0.2, 0) is 20.9 Å². The molecule has 0 bridgehead atoms. The van der Waals surface area contributed by atoms with Crippen LogP contribution in [0.2, 0.25) is 0 Å². The van der Waals surface area contributed by atoms with E-state index in [1.54, 1.807) is 23.2 Å². The Kier molecular flexibility index (Phi) is 6.28. The second kappa shape index (κ2) is 9.26. The zero-order valence-corrected chi connectivity index (χ0v) is 17.8. The third-order valence-corrected chi connectivity index (χ3v) is 6.19. The van der Waals surface area contributed by atoms with Gasteiger partial charge in [0.2, 0.25) is 5.91 Å². The Morgan fingerprint density at radius 2 is 2.03 bits per heavy atom. The maximum Gasteiger partial charge on any atom is 0.310 e. The fourth-order valence-corrected chi connectivity index (χ4v) is 4.65. The van der Waals surface area contributed by atoms with Crippen LogP contribution in [0, 0.1) is 5.92 Å². The Hall–Kier alpha value is -2.93. The summed E-state index contributed by atoms with van der Waals surface area (Å²) in [6.45, 7) is 3.52. The number of thiazole rings is 1. The normalized spacial score (nSPS) is 16.4. The molecule has 1 aromatic carbocycles. The van der Waals surface area contributed by atoms with Gasteiger partial charge in [0.15, 0.2) is 0 Å². The number of carbonyl (C=O) groups excluding carboxylic acids is 2. The fourth-order valence-electron chi connectivity index (χ4n) is 3.78. The first kappa shape index (κ1) is 20.3. The van der Waals surface area contributed by atoms with E-state index < -0.39 is 0 Å². The molecular weight excluding hydrogens is 398 g/mol. The number of hydrogen-bond acceptors (Lipinski definition) is 5. The van der Waals surface area contributed by atoms with Gasteiger partial charge < -0.3 is 14.2 Å². The molecule has 3 heterocycles. The van der Waals surface area contributed by atoms with Gasteiger partial charge in [-0.3, -0.25) is 9.59 Å². The van der Waals surface area contributed by atoms with Crippen LogP contribution in [0.1, 0.15) is 19.8 Å². The van der Waals surface area contributed by atoms with Gasteiger partial charge in [0, 0.05) is 30.2 Å². The molecule has 1 aliphatic heterocycles. The summed E-state index contributed by atoms with van der Waals surface area (Å²) in [4.78, 5) is 31.6. The topological polar surface area (TPSA) is 64.4 Å². The molecule has 1 saturated heterocycles. The van der Waals surface area contributed by atoms with E-state index in [0.717, 1.165) is 34.8 Å². The second-order valence-electron chi connectivity index (χ2n) is 7.36. The van der Waals surface area contributed by atoms with Crippen LogP contribution in [0.25, 0.3) is 22.0 Å². The van der Waals surface area contributed by atoms with Gasteiger partial charge in [-0.15, -0.1) is 11.3 Å². The zero-order valence-electron chi connectivity index (χ0n) is 17.0. The summed E-state index contributed by atoms with van der Waals surface area (Å²) in [6.07, 6.45) is 3.50. The second-order valence-corrected chi connectivity index (χ2v) is 8.21. The Labute approximate surface area is 180 Å².